The third kappa shape index (κ3) is 6.74. The average molecular weight is 255 g/mol. The number of hydrogen-bond acceptors (Lipinski definition) is 4. The van der Waals surface area contributed by atoms with Crippen LogP contribution in [-0.2, 0) is 22.6 Å². The smallest absolute Gasteiger partial charge is 0.0950 e. The van der Waals surface area contributed by atoms with Crippen LogP contribution in [0.4, 0.5) is 0 Å². The Labute approximate surface area is 109 Å². The lowest BCUT2D eigenvalue weighted by atomic mass is 10.2. The molecule has 0 unspecified atom stereocenters. The van der Waals surface area contributed by atoms with E-state index in [1.54, 1.807) is 7.11 Å². The van der Waals surface area contributed by atoms with E-state index in [1.165, 1.54) is 0 Å². The van der Waals surface area contributed by atoms with Gasteiger partial charge < -0.3 is 19.4 Å². The van der Waals surface area contributed by atoms with Gasteiger partial charge in [0.15, 0.2) is 0 Å². The maximum Gasteiger partial charge on any atom is 0.0950 e. The number of ether oxygens (including phenoxy) is 2. The highest BCUT2D eigenvalue weighted by Gasteiger charge is 1.99. The lowest BCUT2D eigenvalue weighted by Gasteiger charge is -2.05. The van der Waals surface area contributed by atoms with Gasteiger partial charge in [0.2, 0.25) is 0 Å². The van der Waals surface area contributed by atoms with Gasteiger partial charge in [0.25, 0.3) is 0 Å². The van der Waals surface area contributed by atoms with Crippen LogP contribution in [0.5, 0.6) is 0 Å². The first kappa shape index (κ1) is 15.1. The molecular weight excluding hydrogens is 230 g/mol. The first-order chi connectivity index (χ1) is 8.72. The number of nitrogens with zero attached hydrogens (tertiary/aromatic N) is 2. The molecule has 1 N–H and O–H groups in total. The maximum absolute atomic E-state index is 5.41. The summed E-state index contributed by atoms with van der Waals surface area (Å²) in [4.78, 5) is 4.35. The maximum atomic E-state index is 5.41. The van der Waals surface area contributed by atoms with Crippen LogP contribution in [0.15, 0.2) is 12.5 Å². The molecule has 0 bridgehead atoms. The highest BCUT2D eigenvalue weighted by molar-refractivity contribution is 4.96. The van der Waals surface area contributed by atoms with Crippen LogP contribution in [0.1, 0.15) is 19.5 Å². The van der Waals surface area contributed by atoms with Crippen molar-refractivity contribution in [3.63, 3.8) is 0 Å². The van der Waals surface area contributed by atoms with Gasteiger partial charge in [0.05, 0.1) is 31.8 Å². The van der Waals surface area contributed by atoms with Gasteiger partial charge in [-0.05, 0) is 12.5 Å². The second-order valence-electron chi connectivity index (χ2n) is 4.73. The summed E-state index contributed by atoms with van der Waals surface area (Å²) in [6.45, 7) is 9.07. The molecule has 0 atom stereocenters. The number of nitrogens with one attached hydrogen (secondary N) is 1. The highest BCUT2D eigenvalue weighted by atomic mass is 16.5. The minimum atomic E-state index is 0.647. The molecule has 0 amide bonds. The molecule has 0 aliphatic rings. The zero-order chi connectivity index (χ0) is 13.2. The van der Waals surface area contributed by atoms with Crippen LogP contribution in [-0.4, -0.2) is 43.0 Å². The Balaban J connectivity index is 2.13. The second kappa shape index (κ2) is 9.08. The second-order valence-corrected chi connectivity index (χ2v) is 4.73. The third-order valence-corrected chi connectivity index (χ3v) is 2.47. The first-order valence-electron chi connectivity index (χ1n) is 6.50. The minimum absolute atomic E-state index is 0.647. The van der Waals surface area contributed by atoms with Gasteiger partial charge in [0, 0.05) is 26.4 Å². The van der Waals surface area contributed by atoms with Crippen molar-refractivity contribution in [3.8, 4) is 0 Å². The van der Waals surface area contributed by atoms with Crippen molar-refractivity contribution < 1.29 is 9.47 Å². The van der Waals surface area contributed by atoms with Crippen molar-refractivity contribution >= 4 is 0 Å². The van der Waals surface area contributed by atoms with Crippen LogP contribution in [0, 0.1) is 5.92 Å². The fraction of sp³-hybridized carbons (Fsp3) is 0.769. The van der Waals surface area contributed by atoms with Crippen LogP contribution >= 0.6 is 0 Å². The average Bonchev–Trinajstić information content (AvgIpc) is 2.76. The minimum Gasteiger partial charge on any atom is -0.382 e. The molecule has 1 aromatic heterocycles. The Morgan fingerprint density at radius 3 is 2.89 bits per heavy atom. The molecule has 1 aromatic rings. The van der Waals surface area contributed by atoms with Gasteiger partial charge in [-0.3, -0.25) is 0 Å². The summed E-state index contributed by atoms with van der Waals surface area (Å²) in [5.74, 6) is 0.668. The van der Waals surface area contributed by atoms with E-state index in [0.717, 1.165) is 25.3 Å². The largest absolute Gasteiger partial charge is 0.382 e. The van der Waals surface area contributed by atoms with Gasteiger partial charge in [-0.15, -0.1) is 0 Å². The summed E-state index contributed by atoms with van der Waals surface area (Å²) in [5.41, 5.74) is 1.08. The summed E-state index contributed by atoms with van der Waals surface area (Å²) in [7, 11) is 1.68. The molecule has 0 aliphatic heterocycles. The van der Waals surface area contributed by atoms with Crippen molar-refractivity contribution in [2.45, 2.75) is 26.9 Å². The normalized spacial score (nSPS) is 11.3. The summed E-state index contributed by atoms with van der Waals surface area (Å²) < 4.78 is 12.4. The number of imidazole rings is 1. The van der Waals surface area contributed by atoms with E-state index < -0.39 is 0 Å². The van der Waals surface area contributed by atoms with Gasteiger partial charge in [-0.25, -0.2) is 4.98 Å². The molecule has 0 aromatic carbocycles. The SMILES string of the molecule is COCCOCCn1cnc(CNCC(C)C)c1. The van der Waals surface area contributed by atoms with E-state index in [4.69, 9.17) is 9.47 Å². The van der Waals surface area contributed by atoms with Crippen LogP contribution in [0.25, 0.3) is 0 Å². The number of hydrogen-bond donors (Lipinski definition) is 1. The first-order valence-corrected chi connectivity index (χ1v) is 6.50. The zero-order valence-electron chi connectivity index (χ0n) is 11.7. The van der Waals surface area contributed by atoms with E-state index >= 15 is 0 Å². The molecule has 0 radical (unpaired) electrons. The van der Waals surface area contributed by atoms with E-state index in [-0.39, 0.29) is 0 Å². The van der Waals surface area contributed by atoms with Crippen LogP contribution in [0.2, 0.25) is 0 Å². The summed E-state index contributed by atoms with van der Waals surface area (Å²) in [6.07, 6.45) is 3.92. The number of aromatic nitrogens is 2. The molecule has 1 rings (SSSR count). The van der Waals surface area contributed by atoms with Gasteiger partial charge in [0.1, 0.15) is 0 Å². The third-order valence-electron chi connectivity index (χ3n) is 2.47. The summed E-state index contributed by atoms with van der Waals surface area (Å²) >= 11 is 0. The lowest BCUT2D eigenvalue weighted by molar-refractivity contribution is 0.0666. The molecule has 1 heterocycles. The molecule has 0 aliphatic carbocycles. The van der Waals surface area contributed by atoms with E-state index in [9.17, 15) is 0 Å². The Morgan fingerprint density at radius 1 is 1.33 bits per heavy atom. The zero-order valence-corrected chi connectivity index (χ0v) is 11.7. The summed E-state index contributed by atoms with van der Waals surface area (Å²) in [5, 5.41) is 3.37. The van der Waals surface area contributed by atoms with Crippen LogP contribution < -0.4 is 5.32 Å². The molecule has 0 saturated heterocycles. The topological polar surface area (TPSA) is 48.3 Å². The van der Waals surface area contributed by atoms with Crippen LogP contribution in [0.3, 0.4) is 0 Å². The molecule has 0 fully saturated rings. The fourth-order valence-electron chi connectivity index (χ4n) is 1.52. The van der Waals surface area contributed by atoms with E-state index in [0.29, 0.717) is 25.7 Å². The van der Waals surface area contributed by atoms with Crippen molar-refractivity contribution in [1.29, 1.82) is 0 Å². The monoisotopic (exact) mass is 255 g/mol. The van der Waals surface area contributed by atoms with Crippen molar-refractivity contribution in [1.82, 2.24) is 14.9 Å². The quantitative estimate of drug-likeness (QED) is 0.640. The standard InChI is InChI=1S/C13H25N3O2/c1-12(2)8-14-9-13-10-16(11-15-13)4-5-18-7-6-17-3/h10-12,14H,4-9H2,1-3H3. The predicted octanol–water partition coefficient (Wildman–Crippen LogP) is 1.29. The van der Waals surface area contributed by atoms with Crippen molar-refractivity contribution in [3.05, 3.63) is 18.2 Å². The molecule has 0 saturated carbocycles. The Hall–Kier alpha value is -0.910. The van der Waals surface area contributed by atoms with E-state index in [2.05, 4.69) is 34.9 Å². The Kier molecular flexibility index (Phi) is 7.64. The Bertz CT molecular complexity index is 313. The fourth-order valence-corrected chi connectivity index (χ4v) is 1.52. The molecule has 5 nitrogen and oxygen atoms in total. The highest BCUT2D eigenvalue weighted by Crippen LogP contribution is 1.97. The Morgan fingerprint density at radius 2 is 2.17 bits per heavy atom. The number of methoxy groups -OCH3 is 1. The molecule has 0 spiro atoms. The predicted molar refractivity (Wildman–Crippen MR) is 71.5 cm³/mol. The summed E-state index contributed by atoms with van der Waals surface area (Å²) in [6, 6.07) is 0. The molecule has 18 heavy (non-hydrogen) atoms. The van der Waals surface area contributed by atoms with Gasteiger partial charge >= 0.3 is 0 Å². The molecule has 5 heteroatoms. The van der Waals surface area contributed by atoms with Crippen molar-refractivity contribution in [2.75, 3.05) is 33.5 Å². The molecular formula is C13H25N3O2. The van der Waals surface area contributed by atoms with E-state index in [1.807, 2.05) is 6.33 Å². The number of rotatable bonds is 10. The lowest BCUT2D eigenvalue weighted by Crippen LogP contribution is -2.19. The van der Waals surface area contributed by atoms with Crippen molar-refractivity contribution in [2.24, 2.45) is 5.92 Å². The molecule has 104 valence electrons. The van der Waals surface area contributed by atoms with Gasteiger partial charge in [-0.2, -0.15) is 0 Å². The van der Waals surface area contributed by atoms with Gasteiger partial charge in [-0.1, -0.05) is 13.8 Å².